The maximum atomic E-state index is 3.41. The molecule has 2 unspecified atom stereocenters. The molecule has 0 aromatic heterocycles. The Morgan fingerprint density at radius 1 is 1.00 bits per heavy atom. The second kappa shape index (κ2) is 4.97. The molecule has 78 valence electrons. The van der Waals surface area contributed by atoms with Gasteiger partial charge in [0.2, 0.25) is 0 Å². The fourth-order valence-corrected chi connectivity index (χ4v) is 2.16. The highest BCUT2D eigenvalue weighted by atomic mass is 15.1. The van der Waals surface area contributed by atoms with Crippen LogP contribution in [0.2, 0.25) is 0 Å². The van der Waals surface area contributed by atoms with E-state index in [-0.39, 0.29) is 0 Å². The molecular weight excluding hydrogens is 160 g/mol. The third kappa shape index (κ3) is 2.96. The predicted octanol–water partition coefficient (Wildman–Crippen LogP) is 1.86. The molecular formula is C11H24N2. The molecule has 0 aromatic rings. The van der Waals surface area contributed by atoms with E-state index in [2.05, 4.69) is 38.2 Å². The van der Waals surface area contributed by atoms with Crippen molar-refractivity contribution < 1.29 is 0 Å². The minimum Gasteiger partial charge on any atom is -0.317 e. The summed E-state index contributed by atoms with van der Waals surface area (Å²) in [4.78, 5) is 2.52. The zero-order valence-corrected chi connectivity index (χ0v) is 9.51. The molecule has 0 radical (unpaired) electrons. The average Bonchev–Trinajstić information content (AvgIpc) is 2.14. The van der Waals surface area contributed by atoms with Gasteiger partial charge in [-0.15, -0.1) is 0 Å². The van der Waals surface area contributed by atoms with Gasteiger partial charge in [-0.3, -0.25) is 0 Å². The maximum Gasteiger partial charge on any atom is 0.00672 e. The molecule has 2 nitrogen and oxygen atoms in total. The van der Waals surface area contributed by atoms with Gasteiger partial charge >= 0.3 is 0 Å². The van der Waals surface area contributed by atoms with E-state index in [9.17, 15) is 0 Å². The van der Waals surface area contributed by atoms with Gasteiger partial charge in [-0.1, -0.05) is 0 Å². The Bertz CT molecular complexity index is 133. The normalized spacial score (nSPS) is 38.3. The van der Waals surface area contributed by atoms with Gasteiger partial charge in [0.05, 0.1) is 0 Å². The van der Waals surface area contributed by atoms with Crippen LogP contribution in [0.1, 0.15) is 39.5 Å². The van der Waals surface area contributed by atoms with Crippen LogP contribution in [-0.2, 0) is 0 Å². The molecule has 1 aliphatic heterocycles. The Morgan fingerprint density at radius 3 is 1.85 bits per heavy atom. The number of likely N-dealkylation sites (tertiary alicyclic amines) is 1. The van der Waals surface area contributed by atoms with Gasteiger partial charge in [0, 0.05) is 18.1 Å². The summed E-state index contributed by atoms with van der Waals surface area (Å²) < 4.78 is 0. The third-order valence-corrected chi connectivity index (χ3v) is 3.66. The summed E-state index contributed by atoms with van der Waals surface area (Å²) in [5.41, 5.74) is 0. The molecule has 1 aliphatic rings. The fourth-order valence-electron chi connectivity index (χ4n) is 2.16. The molecule has 1 fully saturated rings. The number of nitrogens with one attached hydrogen (secondary N) is 1. The Labute approximate surface area is 82.7 Å². The molecule has 0 spiro atoms. The van der Waals surface area contributed by atoms with Crippen LogP contribution < -0.4 is 5.32 Å². The molecule has 0 saturated carbocycles. The Balaban J connectivity index is 2.48. The number of rotatable bonds is 1. The largest absolute Gasteiger partial charge is 0.317 e. The molecule has 0 amide bonds. The van der Waals surface area contributed by atoms with Crippen LogP contribution >= 0.6 is 0 Å². The number of hydrogen-bond acceptors (Lipinski definition) is 2. The summed E-state index contributed by atoms with van der Waals surface area (Å²) in [6, 6.07) is 2.23. The zero-order valence-electron chi connectivity index (χ0n) is 9.51. The smallest absolute Gasteiger partial charge is 0.00672 e. The van der Waals surface area contributed by atoms with Crippen LogP contribution in [0, 0.1) is 0 Å². The summed E-state index contributed by atoms with van der Waals surface area (Å²) in [7, 11) is 4.35. The zero-order chi connectivity index (χ0) is 9.84. The van der Waals surface area contributed by atoms with E-state index in [0.717, 1.165) is 18.1 Å². The van der Waals surface area contributed by atoms with Crippen molar-refractivity contribution in [2.75, 3.05) is 14.1 Å². The second-order valence-electron chi connectivity index (χ2n) is 4.50. The molecule has 2 atom stereocenters. The average molecular weight is 184 g/mol. The summed E-state index contributed by atoms with van der Waals surface area (Å²) in [6.45, 7) is 4.68. The first-order chi connectivity index (χ1) is 6.15. The van der Waals surface area contributed by atoms with Crippen molar-refractivity contribution >= 4 is 0 Å². The van der Waals surface area contributed by atoms with E-state index in [4.69, 9.17) is 0 Å². The Hall–Kier alpha value is -0.0800. The standard InChI is InChI=1S/C11H24N2/c1-9-5-7-11(12-3)8-6-10(2)13(9)4/h9-12H,5-8H2,1-4H3. The third-order valence-electron chi connectivity index (χ3n) is 3.66. The highest BCUT2D eigenvalue weighted by Crippen LogP contribution is 2.19. The van der Waals surface area contributed by atoms with Gasteiger partial charge in [0.15, 0.2) is 0 Å². The second-order valence-corrected chi connectivity index (χ2v) is 4.50. The van der Waals surface area contributed by atoms with Crippen LogP contribution in [0.25, 0.3) is 0 Å². The van der Waals surface area contributed by atoms with Gasteiger partial charge in [-0.25, -0.2) is 0 Å². The van der Waals surface area contributed by atoms with Crippen molar-refractivity contribution in [2.24, 2.45) is 0 Å². The van der Waals surface area contributed by atoms with Crippen LogP contribution in [0.4, 0.5) is 0 Å². The minimum atomic E-state index is 0.742. The van der Waals surface area contributed by atoms with Crippen LogP contribution in [0.15, 0.2) is 0 Å². The molecule has 0 aliphatic carbocycles. The first-order valence-corrected chi connectivity index (χ1v) is 5.54. The van der Waals surface area contributed by atoms with Crippen molar-refractivity contribution in [1.82, 2.24) is 10.2 Å². The minimum absolute atomic E-state index is 0.742. The lowest BCUT2D eigenvalue weighted by atomic mass is 9.95. The van der Waals surface area contributed by atoms with Gasteiger partial charge in [-0.2, -0.15) is 0 Å². The molecule has 1 N–H and O–H groups in total. The Morgan fingerprint density at radius 2 is 1.46 bits per heavy atom. The molecule has 1 saturated heterocycles. The molecule has 1 heterocycles. The Kier molecular flexibility index (Phi) is 4.20. The van der Waals surface area contributed by atoms with E-state index >= 15 is 0 Å². The fraction of sp³-hybridized carbons (Fsp3) is 1.00. The van der Waals surface area contributed by atoms with Crippen LogP contribution in [0.5, 0.6) is 0 Å². The topological polar surface area (TPSA) is 15.3 Å². The van der Waals surface area contributed by atoms with E-state index < -0.39 is 0 Å². The summed E-state index contributed by atoms with van der Waals surface area (Å²) in [5, 5.41) is 3.41. The first kappa shape index (κ1) is 11.0. The van der Waals surface area contributed by atoms with Crippen molar-refractivity contribution in [3.8, 4) is 0 Å². The summed E-state index contributed by atoms with van der Waals surface area (Å²) in [5.74, 6) is 0. The quantitative estimate of drug-likeness (QED) is 0.669. The maximum absolute atomic E-state index is 3.41. The predicted molar refractivity (Wildman–Crippen MR) is 58.0 cm³/mol. The van der Waals surface area contributed by atoms with E-state index in [0.29, 0.717) is 0 Å². The molecule has 0 bridgehead atoms. The molecule has 1 rings (SSSR count). The lowest BCUT2D eigenvalue weighted by Gasteiger charge is -2.35. The van der Waals surface area contributed by atoms with Crippen LogP contribution in [0.3, 0.4) is 0 Å². The lowest BCUT2D eigenvalue weighted by Crippen LogP contribution is -2.41. The van der Waals surface area contributed by atoms with Gasteiger partial charge in [0.1, 0.15) is 0 Å². The highest BCUT2D eigenvalue weighted by Gasteiger charge is 2.21. The van der Waals surface area contributed by atoms with Gasteiger partial charge < -0.3 is 10.2 Å². The van der Waals surface area contributed by atoms with Crippen molar-refractivity contribution in [1.29, 1.82) is 0 Å². The SMILES string of the molecule is CNC1CCC(C)N(C)C(C)CC1. The number of nitrogens with zero attached hydrogens (tertiary/aromatic N) is 1. The van der Waals surface area contributed by atoms with Crippen molar-refractivity contribution in [2.45, 2.75) is 57.7 Å². The lowest BCUT2D eigenvalue weighted by molar-refractivity contribution is 0.151. The van der Waals surface area contributed by atoms with Gasteiger partial charge in [-0.05, 0) is 53.6 Å². The number of hydrogen-bond donors (Lipinski definition) is 1. The van der Waals surface area contributed by atoms with E-state index in [1.54, 1.807) is 0 Å². The summed E-state index contributed by atoms with van der Waals surface area (Å²) in [6.07, 6.45) is 5.31. The van der Waals surface area contributed by atoms with Crippen LogP contribution in [-0.4, -0.2) is 37.1 Å². The van der Waals surface area contributed by atoms with E-state index in [1.165, 1.54) is 25.7 Å². The van der Waals surface area contributed by atoms with Crippen molar-refractivity contribution in [3.05, 3.63) is 0 Å². The van der Waals surface area contributed by atoms with E-state index in [1.807, 2.05) is 0 Å². The summed E-state index contributed by atoms with van der Waals surface area (Å²) >= 11 is 0. The highest BCUT2D eigenvalue weighted by molar-refractivity contribution is 4.78. The molecule has 13 heavy (non-hydrogen) atoms. The van der Waals surface area contributed by atoms with Gasteiger partial charge in [0.25, 0.3) is 0 Å². The first-order valence-electron chi connectivity index (χ1n) is 5.54. The molecule has 0 aromatic carbocycles. The monoisotopic (exact) mass is 184 g/mol. The van der Waals surface area contributed by atoms with Crippen molar-refractivity contribution in [3.63, 3.8) is 0 Å². The molecule has 2 heteroatoms.